The lowest BCUT2D eigenvalue weighted by Gasteiger charge is -2.36. The topological polar surface area (TPSA) is 26.3 Å². The van der Waals surface area contributed by atoms with Crippen molar-refractivity contribution in [2.24, 2.45) is 0 Å². The Morgan fingerprint density at radius 1 is 1.39 bits per heavy atom. The second kappa shape index (κ2) is 4.51. The highest BCUT2D eigenvalue weighted by Crippen LogP contribution is 2.39. The maximum absolute atomic E-state index is 12.4. The van der Waals surface area contributed by atoms with Gasteiger partial charge in [-0.1, -0.05) is 24.3 Å². The number of hydrogen-bond acceptors (Lipinski definition) is 2. The third kappa shape index (κ3) is 1.99. The van der Waals surface area contributed by atoms with Crippen LogP contribution in [0.5, 0.6) is 0 Å². The van der Waals surface area contributed by atoms with Gasteiger partial charge in [0, 0.05) is 13.0 Å². The van der Waals surface area contributed by atoms with E-state index in [0.717, 1.165) is 32.3 Å². The van der Waals surface area contributed by atoms with Gasteiger partial charge in [0.15, 0.2) is 5.78 Å². The molecule has 0 N–H and O–H groups in total. The molecule has 0 amide bonds. The molecular weight excluding hydrogens is 224 g/mol. The van der Waals surface area contributed by atoms with Gasteiger partial charge in [-0.2, -0.15) is 0 Å². The van der Waals surface area contributed by atoms with Crippen LogP contribution >= 0.6 is 0 Å². The molecule has 2 atom stereocenters. The molecule has 2 heteroatoms. The molecule has 1 fully saturated rings. The molecule has 1 aromatic carbocycles. The van der Waals surface area contributed by atoms with Crippen LogP contribution < -0.4 is 0 Å². The van der Waals surface area contributed by atoms with Crippen LogP contribution in [0.15, 0.2) is 24.3 Å². The minimum atomic E-state index is -0.511. The predicted molar refractivity (Wildman–Crippen MR) is 70.7 cm³/mol. The summed E-state index contributed by atoms with van der Waals surface area (Å²) in [4.78, 5) is 12.4. The fraction of sp³-hybridized carbons (Fsp3) is 0.562. The Bertz CT molecular complexity index is 458. The molecular formula is C16H20O2. The number of ether oxygens (including phenoxy) is 1. The zero-order valence-electron chi connectivity index (χ0n) is 10.9. The number of fused-ring (bicyclic) bond motifs is 1. The number of benzene rings is 1. The third-order valence-corrected chi connectivity index (χ3v) is 4.45. The van der Waals surface area contributed by atoms with Crippen LogP contribution in [-0.2, 0) is 16.0 Å². The van der Waals surface area contributed by atoms with E-state index in [-0.39, 0.29) is 0 Å². The zero-order valence-corrected chi connectivity index (χ0v) is 10.9. The summed E-state index contributed by atoms with van der Waals surface area (Å²) in [6, 6.07) is 8.45. The van der Waals surface area contributed by atoms with Gasteiger partial charge in [0.25, 0.3) is 0 Å². The Labute approximate surface area is 108 Å². The predicted octanol–water partition coefficient (Wildman–Crippen LogP) is 3.24. The Morgan fingerprint density at radius 2 is 2.22 bits per heavy atom. The highest BCUT2D eigenvalue weighted by atomic mass is 16.5. The molecule has 1 aliphatic heterocycles. The van der Waals surface area contributed by atoms with Gasteiger partial charge < -0.3 is 4.74 Å². The van der Waals surface area contributed by atoms with Gasteiger partial charge in [0.05, 0.1) is 0 Å². The molecule has 1 saturated heterocycles. The first kappa shape index (κ1) is 11.9. The van der Waals surface area contributed by atoms with Gasteiger partial charge in [0.1, 0.15) is 5.60 Å². The van der Waals surface area contributed by atoms with Crippen LogP contribution in [0.4, 0.5) is 0 Å². The summed E-state index contributed by atoms with van der Waals surface area (Å²) in [5, 5.41) is 0. The SMILES string of the molecule is CC1(C(=O)CC2Cc3ccccc32)CCCCO1. The van der Waals surface area contributed by atoms with Gasteiger partial charge in [0.2, 0.25) is 0 Å². The van der Waals surface area contributed by atoms with Crippen LogP contribution in [-0.4, -0.2) is 18.0 Å². The highest BCUT2D eigenvalue weighted by Gasteiger charge is 2.38. The summed E-state index contributed by atoms with van der Waals surface area (Å²) >= 11 is 0. The number of ketones is 1. The van der Waals surface area contributed by atoms with Crippen LogP contribution in [0.25, 0.3) is 0 Å². The van der Waals surface area contributed by atoms with Crippen molar-refractivity contribution < 1.29 is 9.53 Å². The van der Waals surface area contributed by atoms with E-state index in [1.165, 1.54) is 11.1 Å². The van der Waals surface area contributed by atoms with E-state index in [1.807, 2.05) is 6.92 Å². The Balaban J connectivity index is 1.66. The lowest BCUT2D eigenvalue weighted by Crippen LogP contribution is -2.42. The van der Waals surface area contributed by atoms with Gasteiger partial charge in [-0.05, 0) is 49.7 Å². The smallest absolute Gasteiger partial charge is 0.164 e. The fourth-order valence-electron chi connectivity index (χ4n) is 3.14. The molecule has 1 aliphatic carbocycles. The monoisotopic (exact) mass is 244 g/mol. The van der Waals surface area contributed by atoms with Crippen molar-refractivity contribution in [1.29, 1.82) is 0 Å². The lowest BCUT2D eigenvalue weighted by atomic mass is 9.73. The van der Waals surface area contributed by atoms with Crippen LogP contribution in [0.3, 0.4) is 0 Å². The number of carbonyl (C=O) groups excluding carboxylic acids is 1. The number of rotatable bonds is 3. The summed E-state index contributed by atoms with van der Waals surface area (Å²) < 4.78 is 5.74. The lowest BCUT2D eigenvalue weighted by molar-refractivity contribution is -0.148. The van der Waals surface area contributed by atoms with Crippen molar-refractivity contribution >= 4 is 5.78 Å². The normalized spacial score (nSPS) is 30.4. The van der Waals surface area contributed by atoms with Crippen molar-refractivity contribution in [3.63, 3.8) is 0 Å². The second-order valence-electron chi connectivity index (χ2n) is 5.76. The van der Waals surface area contributed by atoms with Gasteiger partial charge in [-0.25, -0.2) is 0 Å². The molecule has 2 nitrogen and oxygen atoms in total. The van der Waals surface area contributed by atoms with Gasteiger partial charge >= 0.3 is 0 Å². The molecule has 2 unspecified atom stereocenters. The largest absolute Gasteiger partial charge is 0.368 e. The minimum Gasteiger partial charge on any atom is -0.368 e. The first-order valence-corrected chi connectivity index (χ1v) is 6.94. The quantitative estimate of drug-likeness (QED) is 0.816. The number of hydrogen-bond donors (Lipinski definition) is 0. The van der Waals surface area contributed by atoms with Crippen LogP contribution in [0, 0.1) is 0 Å². The second-order valence-corrected chi connectivity index (χ2v) is 5.76. The zero-order chi connectivity index (χ0) is 12.6. The van der Waals surface area contributed by atoms with Crippen molar-refractivity contribution in [2.75, 3.05) is 6.61 Å². The van der Waals surface area contributed by atoms with Gasteiger partial charge in [-0.15, -0.1) is 0 Å². The van der Waals surface area contributed by atoms with Crippen LogP contribution in [0.2, 0.25) is 0 Å². The summed E-state index contributed by atoms with van der Waals surface area (Å²) in [6.07, 6.45) is 4.80. The maximum atomic E-state index is 12.4. The molecule has 1 aromatic rings. The number of Topliss-reactive ketones (excluding diaryl/α,β-unsaturated/α-hetero) is 1. The average molecular weight is 244 g/mol. The summed E-state index contributed by atoms with van der Waals surface area (Å²) in [5.74, 6) is 0.720. The molecule has 2 aliphatic rings. The molecule has 1 heterocycles. The Morgan fingerprint density at radius 3 is 2.94 bits per heavy atom. The molecule has 96 valence electrons. The molecule has 3 rings (SSSR count). The van der Waals surface area contributed by atoms with E-state index >= 15 is 0 Å². The molecule has 0 spiro atoms. The minimum absolute atomic E-state index is 0.293. The van der Waals surface area contributed by atoms with Crippen molar-refractivity contribution in [3.05, 3.63) is 35.4 Å². The van der Waals surface area contributed by atoms with E-state index < -0.39 is 5.60 Å². The Kier molecular flexibility index (Phi) is 2.98. The fourth-order valence-corrected chi connectivity index (χ4v) is 3.14. The highest BCUT2D eigenvalue weighted by molar-refractivity contribution is 5.88. The summed E-state index contributed by atoms with van der Waals surface area (Å²) in [7, 11) is 0. The first-order valence-electron chi connectivity index (χ1n) is 6.94. The first-order chi connectivity index (χ1) is 8.69. The molecule has 0 aromatic heterocycles. The van der Waals surface area contributed by atoms with Gasteiger partial charge in [-0.3, -0.25) is 4.79 Å². The van der Waals surface area contributed by atoms with E-state index in [1.54, 1.807) is 0 Å². The van der Waals surface area contributed by atoms with Crippen molar-refractivity contribution in [3.8, 4) is 0 Å². The molecule has 0 radical (unpaired) electrons. The van der Waals surface area contributed by atoms with E-state index in [2.05, 4.69) is 24.3 Å². The summed E-state index contributed by atoms with van der Waals surface area (Å²) in [5.41, 5.74) is 2.26. The maximum Gasteiger partial charge on any atom is 0.164 e. The standard InChI is InChI=1S/C16H20O2/c1-16(8-4-5-9-18-16)15(17)11-13-10-12-6-2-3-7-14(12)13/h2-3,6-7,13H,4-5,8-11H2,1H3. The van der Waals surface area contributed by atoms with Crippen LogP contribution in [0.1, 0.15) is 49.7 Å². The van der Waals surface area contributed by atoms with E-state index in [4.69, 9.17) is 4.74 Å². The molecule has 0 saturated carbocycles. The van der Waals surface area contributed by atoms with E-state index in [9.17, 15) is 4.79 Å². The van der Waals surface area contributed by atoms with Crippen molar-refractivity contribution in [1.82, 2.24) is 0 Å². The number of carbonyl (C=O) groups is 1. The molecule has 18 heavy (non-hydrogen) atoms. The van der Waals surface area contributed by atoms with Crippen molar-refractivity contribution in [2.45, 2.75) is 50.5 Å². The third-order valence-electron chi connectivity index (χ3n) is 4.45. The Hall–Kier alpha value is -1.15. The molecule has 0 bridgehead atoms. The van der Waals surface area contributed by atoms with E-state index in [0.29, 0.717) is 18.1 Å². The average Bonchev–Trinajstić information content (AvgIpc) is 2.36. The summed E-state index contributed by atoms with van der Waals surface area (Å²) in [6.45, 7) is 2.71.